The van der Waals surface area contributed by atoms with Crippen molar-refractivity contribution >= 4 is 5.82 Å². The quantitative estimate of drug-likeness (QED) is 0.798. The number of hydrogen-bond donors (Lipinski definition) is 1. The van der Waals surface area contributed by atoms with Crippen LogP contribution in [0.1, 0.15) is 5.56 Å². The van der Waals surface area contributed by atoms with Crippen LogP contribution >= 0.6 is 0 Å². The summed E-state index contributed by atoms with van der Waals surface area (Å²) in [7, 11) is 1.80. The van der Waals surface area contributed by atoms with Crippen LogP contribution in [-0.2, 0) is 0 Å². The highest BCUT2D eigenvalue weighted by molar-refractivity contribution is 5.70. The maximum atomic E-state index is 9.33. The first-order valence-corrected chi connectivity index (χ1v) is 6.49. The zero-order chi connectivity index (χ0) is 14.7. The van der Waals surface area contributed by atoms with Crippen LogP contribution in [0.15, 0.2) is 55.1 Å². The summed E-state index contributed by atoms with van der Waals surface area (Å²) in [6.45, 7) is 0. The van der Waals surface area contributed by atoms with Crippen molar-refractivity contribution in [1.29, 1.82) is 5.26 Å². The van der Waals surface area contributed by atoms with Gasteiger partial charge in [-0.2, -0.15) is 5.26 Å². The molecule has 5 nitrogen and oxygen atoms in total. The largest absolute Gasteiger partial charge is 0.373 e. The van der Waals surface area contributed by atoms with Crippen LogP contribution < -0.4 is 5.32 Å². The summed E-state index contributed by atoms with van der Waals surface area (Å²) in [5.74, 6) is 1.45. The van der Waals surface area contributed by atoms with E-state index >= 15 is 0 Å². The highest BCUT2D eigenvalue weighted by Crippen LogP contribution is 2.25. The molecule has 1 N–H and O–H groups in total. The molecule has 0 amide bonds. The molecule has 102 valence electrons. The number of hydrogen-bond acceptors (Lipinski definition) is 4. The van der Waals surface area contributed by atoms with E-state index in [4.69, 9.17) is 0 Å². The third kappa shape index (κ3) is 2.47. The van der Waals surface area contributed by atoms with Crippen molar-refractivity contribution in [2.24, 2.45) is 0 Å². The van der Waals surface area contributed by atoms with Gasteiger partial charge in [-0.25, -0.2) is 9.97 Å². The van der Waals surface area contributed by atoms with Crippen LogP contribution in [0.2, 0.25) is 0 Å². The fraction of sp³-hybridized carbons (Fsp3) is 0.0625. The van der Waals surface area contributed by atoms with Gasteiger partial charge in [0.05, 0.1) is 5.56 Å². The summed E-state index contributed by atoms with van der Waals surface area (Å²) in [6, 6.07) is 13.9. The molecule has 1 aromatic carbocycles. The summed E-state index contributed by atoms with van der Waals surface area (Å²) >= 11 is 0. The Morgan fingerprint density at radius 2 is 1.95 bits per heavy atom. The molecule has 2 aromatic heterocycles. The van der Waals surface area contributed by atoms with Crippen LogP contribution in [0.4, 0.5) is 5.82 Å². The van der Waals surface area contributed by atoms with Crippen LogP contribution in [-0.4, -0.2) is 21.6 Å². The van der Waals surface area contributed by atoms with Crippen molar-refractivity contribution in [3.05, 3.63) is 60.7 Å². The molecule has 0 radical (unpaired) electrons. The maximum absolute atomic E-state index is 9.33. The number of benzene rings is 1. The van der Waals surface area contributed by atoms with Crippen molar-refractivity contribution < 1.29 is 0 Å². The van der Waals surface area contributed by atoms with Crippen LogP contribution in [0.25, 0.3) is 16.9 Å². The molecular weight excluding hydrogens is 262 g/mol. The molecule has 5 heteroatoms. The lowest BCUT2D eigenvalue weighted by Gasteiger charge is -2.03. The minimum Gasteiger partial charge on any atom is -0.373 e. The molecule has 2 heterocycles. The molecule has 0 saturated heterocycles. The molecule has 21 heavy (non-hydrogen) atoms. The summed E-state index contributed by atoms with van der Waals surface area (Å²) in [5.41, 5.74) is 2.52. The Morgan fingerprint density at radius 3 is 2.67 bits per heavy atom. The molecule has 0 bridgehead atoms. The molecule has 0 spiro atoms. The predicted octanol–water partition coefficient (Wildman–Crippen LogP) is 2.85. The van der Waals surface area contributed by atoms with E-state index in [9.17, 15) is 5.26 Å². The van der Waals surface area contributed by atoms with E-state index in [1.807, 2.05) is 47.2 Å². The Balaban J connectivity index is 2.10. The smallest absolute Gasteiger partial charge is 0.142 e. The normalized spacial score (nSPS) is 10.1. The standard InChI is InChI=1S/C16H13N5/c1-18-15-7-16(20-11-19-15)21-9-13(8-17)14(10-21)12-5-3-2-4-6-12/h2-7,9-11H,1H3,(H,18,19,20). The Bertz CT molecular complexity index is 799. The first-order valence-electron chi connectivity index (χ1n) is 6.49. The van der Waals surface area contributed by atoms with Gasteiger partial charge in [0.25, 0.3) is 0 Å². The fourth-order valence-electron chi connectivity index (χ4n) is 2.15. The first-order chi connectivity index (χ1) is 10.3. The Kier molecular flexibility index (Phi) is 3.36. The van der Waals surface area contributed by atoms with Gasteiger partial charge in [-0.1, -0.05) is 30.3 Å². The van der Waals surface area contributed by atoms with E-state index in [1.165, 1.54) is 6.33 Å². The molecule has 0 unspecified atom stereocenters. The van der Waals surface area contributed by atoms with Crippen LogP contribution in [0.3, 0.4) is 0 Å². The highest BCUT2D eigenvalue weighted by Gasteiger charge is 2.10. The van der Waals surface area contributed by atoms with Crippen molar-refractivity contribution in [3.63, 3.8) is 0 Å². The Hall–Kier alpha value is -3.13. The van der Waals surface area contributed by atoms with E-state index in [-0.39, 0.29) is 0 Å². The molecule has 0 atom stereocenters. The van der Waals surface area contributed by atoms with Gasteiger partial charge in [-0.15, -0.1) is 0 Å². The zero-order valence-corrected chi connectivity index (χ0v) is 11.5. The van der Waals surface area contributed by atoms with Gasteiger partial charge in [0.15, 0.2) is 0 Å². The number of nitrogens with zero attached hydrogens (tertiary/aromatic N) is 4. The fourth-order valence-corrected chi connectivity index (χ4v) is 2.15. The Morgan fingerprint density at radius 1 is 1.14 bits per heavy atom. The van der Waals surface area contributed by atoms with Crippen LogP contribution in [0, 0.1) is 11.3 Å². The molecule has 0 fully saturated rings. The van der Waals surface area contributed by atoms with Gasteiger partial charge >= 0.3 is 0 Å². The monoisotopic (exact) mass is 275 g/mol. The first kappa shape index (κ1) is 12.9. The topological polar surface area (TPSA) is 66.5 Å². The van der Waals surface area contributed by atoms with Gasteiger partial charge in [-0.3, -0.25) is 0 Å². The van der Waals surface area contributed by atoms with Gasteiger partial charge in [-0.05, 0) is 5.56 Å². The van der Waals surface area contributed by atoms with E-state index in [0.717, 1.165) is 16.9 Å². The third-order valence-corrected chi connectivity index (χ3v) is 3.21. The lowest BCUT2D eigenvalue weighted by Crippen LogP contribution is -1.98. The summed E-state index contributed by atoms with van der Waals surface area (Å²) < 4.78 is 1.84. The lowest BCUT2D eigenvalue weighted by molar-refractivity contribution is 0.982. The number of nitriles is 1. The third-order valence-electron chi connectivity index (χ3n) is 3.21. The summed E-state index contributed by atoms with van der Waals surface area (Å²) in [4.78, 5) is 8.33. The minimum absolute atomic E-state index is 0.616. The maximum Gasteiger partial charge on any atom is 0.142 e. The van der Waals surface area contributed by atoms with Gasteiger partial charge in [0, 0.05) is 31.1 Å². The van der Waals surface area contributed by atoms with Crippen molar-refractivity contribution in [3.8, 4) is 23.0 Å². The average Bonchev–Trinajstić information content (AvgIpc) is 3.00. The molecule has 0 aliphatic carbocycles. The molecule has 0 aliphatic heterocycles. The van der Waals surface area contributed by atoms with E-state index in [1.54, 1.807) is 13.2 Å². The van der Waals surface area contributed by atoms with Gasteiger partial charge in [0.1, 0.15) is 24.0 Å². The second-order valence-electron chi connectivity index (χ2n) is 4.48. The van der Waals surface area contributed by atoms with Crippen LogP contribution in [0.5, 0.6) is 0 Å². The lowest BCUT2D eigenvalue weighted by atomic mass is 10.1. The van der Waals surface area contributed by atoms with Gasteiger partial charge in [0.2, 0.25) is 0 Å². The molecule has 0 saturated carbocycles. The Labute approximate surface area is 122 Å². The number of anilines is 1. The average molecular weight is 275 g/mol. The van der Waals surface area contributed by atoms with Crippen molar-refractivity contribution in [1.82, 2.24) is 14.5 Å². The van der Waals surface area contributed by atoms with Crippen molar-refractivity contribution in [2.75, 3.05) is 12.4 Å². The number of nitrogens with one attached hydrogen (secondary N) is 1. The molecule has 0 aliphatic rings. The SMILES string of the molecule is CNc1cc(-n2cc(C#N)c(-c3ccccc3)c2)ncn1. The summed E-state index contributed by atoms with van der Waals surface area (Å²) in [6.07, 6.45) is 5.19. The molecular formula is C16H13N5. The number of rotatable bonds is 3. The highest BCUT2D eigenvalue weighted by atomic mass is 15.1. The minimum atomic E-state index is 0.616. The van der Waals surface area contributed by atoms with E-state index < -0.39 is 0 Å². The zero-order valence-electron chi connectivity index (χ0n) is 11.5. The van der Waals surface area contributed by atoms with E-state index in [2.05, 4.69) is 21.4 Å². The van der Waals surface area contributed by atoms with Crippen molar-refractivity contribution in [2.45, 2.75) is 0 Å². The molecule has 3 rings (SSSR count). The second-order valence-corrected chi connectivity index (χ2v) is 4.48. The number of aromatic nitrogens is 3. The second kappa shape index (κ2) is 5.47. The molecule has 3 aromatic rings. The predicted molar refractivity (Wildman–Crippen MR) is 81.1 cm³/mol. The van der Waals surface area contributed by atoms with Gasteiger partial charge < -0.3 is 9.88 Å². The summed E-state index contributed by atoms with van der Waals surface area (Å²) in [5, 5.41) is 12.3. The van der Waals surface area contributed by atoms with E-state index in [0.29, 0.717) is 11.4 Å².